The average Bonchev–Trinajstić information content (AvgIpc) is 3.17. The first kappa shape index (κ1) is 17.9. The normalized spacial score (nSPS) is 17.1. The number of nitrogens with one attached hydrogen (secondary N) is 1. The lowest BCUT2D eigenvalue weighted by molar-refractivity contribution is 0.0946. The largest absolute Gasteiger partial charge is 0.454 e. The fourth-order valence-corrected chi connectivity index (χ4v) is 3.73. The first-order valence-electron chi connectivity index (χ1n) is 9.66. The molecule has 0 aliphatic carbocycles. The van der Waals surface area contributed by atoms with Crippen molar-refractivity contribution in [3.8, 4) is 11.5 Å². The summed E-state index contributed by atoms with van der Waals surface area (Å²) in [5.41, 5.74) is 2.96. The molecule has 2 aliphatic rings. The van der Waals surface area contributed by atoms with Gasteiger partial charge in [0.2, 0.25) is 6.79 Å². The number of carbonyl (C=O) groups excluding carboxylic acids is 1. The minimum absolute atomic E-state index is 0.140. The molecule has 2 aromatic rings. The van der Waals surface area contributed by atoms with Crippen LogP contribution in [-0.2, 0) is 13.1 Å². The monoisotopic (exact) mass is 366 g/mol. The van der Waals surface area contributed by atoms with Crippen LogP contribution in [0.15, 0.2) is 42.5 Å². The molecule has 142 valence electrons. The molecular formula is C22H26N2O3. The molecule has 4 rings (SSSR count). The zero-order chi connectivity index (χ0) is 18.6. The average molecular weight is 366 g/mol. The van der Waals surface area contributed by atoms with Gasteiger partial charge in [-0.2, -0.15) is 0 Å². The smallest absolute Gasteiger partial charge is 0.255 e. The number of para-hydroxylation sites is 1. The van der Waals surface area contributed by atoms with Crippen molar-refractivity contribution in [3.63, 3.8) is 0 Å². The Balaban J connectivity index is 1.41. The van der Waals surface area contributed by atoms with Crippen LogP contribution in [0.5, 0.6) is 11.5 Å². The summed E-state index contributed by atoms with van der Waals surface area (Å²) in [6.45, 7) is 6.23. The van der Waals surface area contributed by atoms with E-state index in [9.17, 15) is 4.79 Å². The third-order valence-electron chi connectivity index (χ3n) is 5.47. The third-order valence-corrected chi connectivity index (χ3v) is 5.47. The molecule has 2 aliphatic heterocycles. The van der Waals surface area contributed by atoms with Crippen LogP contribution in [0.4, 0.5) is 0 Å². The maximum absolute atomic E-state index is 12.7. The Bertz CT molecular complexity index is 813. The lowest BCUT2D eigenvalue weighted by atomic mass is 9.98. The summed E-state index contributed by atoms with van der Waals surface area (Å²) in [4.78, 5) is 15.2. The van der Waals surface area contributed by atoms with Crippen LogP contribution in [0, 0.1) is 5.92 Å². The second-order valence-corrected chi connectivity index (χ2v) is 7.45. The van der Waals surface area contributed by atoms with E-state index >= 15 is 0 Å². The van der Waals surface area contributed by atoms with Crippen LogP contribution in [0.1, 0.15) is 41.3 Å². The number of hydrogen-bond donors (Lipinski definition) is 1. The van der Waals surface area contributed by atoms with E-state index in [1.165, 1.54) is 18.4 Å². The standard InChI is InChI=1S/C22H26N2O3/c1-16-9-11-24(12-10-16)14-18-6-3-2-5-17(18)13-23-22(25)19-7-4-8-20-21(19)27-15-26-20/h2-8,16H,9-15H2,1H3,(H,23,25). The van der Waals surface area contributed by atoms with Crippen molar-refractivity contribution in [1.29, 1.82) is 0 Å². The van der Waals surface area contributed by atoms with E-state index in [2.05, 4.69) is 35.3 Å². The van der Waals surface area contributed by atoms with E-state index < -0.39 is 0 Å². The molecule has 1 amide bonds. The van der Waals surface area contributed by atoms with E-state index in [0.717, 1.165) is 31.1 Å². The fourth-order valence-electron chi connectivity index (χ4n) is 3.73. The van der Waals surface area contributed by atoms with Gasteiger partial charge in [-0.15, -0.1) is 0 Å². The summed E-state index contributed by atoms with van der Waals surface area (Å²) in [5, 5.41) is 3.04. The van der Waals surface area contributed by atoms with E-state index in [0.29, 0.717) is 23.6 Å². The molecule has 1 saturated heterocycles. The van der Waals surface area contributed by atoms with Crippen molar-refractivity contribution < 1.29 is 14.3 Å². The van der Waals surface area contributed by atoms with Crippen LogP contribution in [-0.4, -0.2) is 30.7 Å². The summed E-state index contributed by atoms with van der Waals surface area (Å²) in [5.74, 6) is 1.85. The summed E-state index contributed by atoms with van der Waals surface area (Å²) >= 11 is 0. The summed E-state index contributed by atoms with van der Waals surface area (Å²) < 4.78 is 10.8. The van der Waals surface area contributed by atoms with Gasteiger partial charge in [0.25, 0.3) is 5.91 Å². The van der Waals surface area contributed by atoms with Crippen molar-refractivity contribution in [2.24, 2.45) is 5.92 Å². The van der Waals surface area contributed by atoms with Crippen LogP contribution in [0.25, 0.3) is 0 Å². The molecule has 0 bridgehead atoms. The van der Waals surface area contributed by atoms with Crippen LogP contribution in [0.2, 0.25) is 0 Å². The maximum Gasteiger partial charge on any atom is 0.255 e. The quantitative estimate of drug-likeness (QED) is 0.879. The highest BCUT2D eigenvalue weighted by molar-refractivity contribution is 5.97. The first-order valence-corrected chi connectivity index (χ1v) is 9.66. The summed E-state index contributed by atoms with van der Waals surface area (Å²) in [7, 11) is 0. The Morgan fingerprint density at radius 2 is 1.85 bits per heavy atom. The van der Waals surface area contributed by atoms with Crippen LogP contribution >= 0.6 is 0 Å². The van der Waals surface area contributed by atoms with Crippen LogP contribution < -0.4 is 14.8 Å². The minimum atomic E-state index is -0.140. The van der Waals surface area contributed by atoms with E-state index in [1.54, 1.807) is 6.07 Å². The highest BCUT2D eigenvalue weighted by Gasteiger charge is 2.22. The van der Waals surface area contributed by atoms with Gasteiger partial charge >= 0.3 is 0 Å². The van der Waals surface area contributed by atoms with Gasteiger partial charge in [-0.3, -0.25) is 9.69 Å². The number of rotatable bonds is 5. The van der Waals surface area contributed by atoms with Gasteiger partial charge in [0.05, 0.1) is 5.56 Å². The highest BCUT2D eigenvalue weighted by Crippen LogP contribution is 2.35. The Hall–Kier alpha value is -2.53. The Morgan fingerprint density at radius 3 is 2.67 bits per heavy atom. The molecule has 0 radical (unpaired) electrons. The number of piperidine rings is 1. The molecule has 2 aromatic carbocycles. The zero-order valence-electron chi connectivity index (χ0n) is 15.7. The lowest BCUT2D eigenvalue weighted by Crippen LogP contribution is -2.33. The molecule has 0 saturated carbocycles. The van der Waals surface area contributed by atoms with E-state index in [-0.39, 0.29) is 12.7 Å². The number of fused-ring (bicyclic) bond motifs is 1. The number of likely N-dealkylation sites (tertiary alicyclic amines) is 1. The molecule has 2 heterocycles. The molecular weight excluding hydrogens is 340 g/mol. The van der Waals surface area contributed by atoms with Gasteiger partial charge < -0.3 is 14.8 Å². The number of carbonyl (C=O) groups is 1. The van der Waals surface area contributed by atoms with Gasteiger partial charge in [-0.1, -0.05) is 37.3 Å². The Morgan fingerprint density at radius 1 is 1.07 bits per heavy atom. The SMILES string of the molecule is CC1CCN(Cc2ccccc2CNC(=O)c2cccc3c2OCO3)CC1. The fraction of sp³-hybridized carbons (Fsp3) is 0.409. The van der Waals surface area contributed by atoms with Gasteiger partial charge in [0, 0.05) is 13.1 Å². The molecule has 5 nitrogen and oxygen atoms in total. The van der Waals surface area contributed by atoms with E-state index in [4.69, 9.17) is 9.47 Å². The number of amides is 1. The number of nitrogens with zero attached hydrogens (tertiary/aromatic N) is 1. The molecule has 1 fully saturated rings. The highest BCUT2D eigenvalue weighted by atomic mass is 16.7. The summed E-state index contributed by atoms with van der Waals surface area (Å²) in [6.07, 6.45) is 2.53. The zero-order valence-corrected chi connectivity index (χ0v) is 15.7. The maximum atomic E-state index is 12.7. The molecule has 0 unspecified atom stereocenters. The van der Waals surface area contributed by atoms with Crippen molar-refractivity contribution >= 4 is 5.91 Å². The van der Waals surface area contributed by atoms with Crippen molar-refractivity contribution in [1.82, 2.24) is 10.2 Å². The predicted molar refractivity (Wildman–Crippen MR) is 104 cm³/mol. The van der Waals surface area contributed by atoms with Crippen molar-refractivity contribution in [2.75, 3.05) is 19.9 Å². The number of hydrogen-bond acceptors (Lipinski definition) is 4. The van der Waals surface area contributed by atoms with Gasteiger partial charge in [0.15, 0.2) is 11.5 Å². The second-order valence-electron chi connectivity index (χ2n) is 7.45. The Kier molecular flexibility index (Phi) is 5.30. The Labute approximate surface area is 160 Å². The summed E-state index contributed by atoms with van der Waals surface area (Å²) in [6, 6.07) is 13.8. The van der Waals surface area contributed by atoms with Crippen molar-refractivity contribution in [3.05, 3.63) is 59.2 Å². The lowest BCUT2D eigenvalue weighted by Gasteiger charge is -2.30. The number of benzene rings is 2. The molecule has 0 spiro atoms. The predicted octanol–water partition coefficient (Wildman–Crippen LogP) is 3.58. The van der Waals surface area contributed by atoms with Gasteiger partial charge in [-0.05, 0) is 55.1 Å². The number of ether oxygens (including phenoxy) is 2. The molecule has 27 heavy (non-hydrogen) atoms. The third kappa shape index (κ3) is 4.08. The van der Waals surface area contributed by atoms with Crippen molar-refractivity contribution in [2.45, 2.75) is 32.9 Å². The van der Waals surface area contributed by atoms with Gasteiger partial charge in [-0.25, -0.2) is 0 Å². The first-order chi connectivity index (χ1) is 13.2. The minimum Gasteiger partial charge on any atom is -0.454 e. The van der Waals surface area contributed by atoms with Gasteiger partial charge in [0.1, 0.15) is 0 Å². The van der Waals surface area contributed by atoms with Crippen LogP contribution in [0.3, 0.4) is 0 Å². The molecule has 1 N–H and O–H groups in total. The molecule has 0 atom stereocenters. The topological polar surface area (TPSA) is 50.8 Å². The molecule has 5 heteroatoms. The molecule has 0 aromatic heterocycles. The second kappa shape index (κ2) is 8.01. The van der Waals surface area contributed by atoms with E-state index in [1.807, 2.05) is 18.2 Å².